The van der Waals surface area contributed by atoms with Gasteiger partial charge in [0, 0.05) is 17.6 Å². The van der Waals surface area contributed by atoms with E-state index in [9.17, 15) is 4.79 Å². The molecule has 3 nitrogen and oxygen atoms in total. The number of halogens is 3. The Morgan fingerprint density at radius 1 is 1.39 bits per heavy atom. The van der Waals surface area contributed by atoms with Crippen LogP contribution in [0.15, 0.2) is 18.2 Å². The predicted octanol–water partition coefficient (Wildman–Crippen LogP) is 2.90. The molecule has 0 spiro atoms. The molecule has 1 aliphatic heterocycles. The zero-order chi connectivity index (χ0) is 12.3. The smallest absolute Gasteiger partial charge is 0.253 e. The minimum Gasteiger partial charge on any atom is -0.348 e. The Morgan fingerprint density at radius 3 is 2.83 bits per heavy atom. The maximum atomic E-state index is 12.0. The van der Waals surface area contributed by atoms with Crippen LogP contribution >= 0.6 is 35.6 Å². The molecule has 1 saturated heterocycles. The Morgan fingerprint density at radius 2 is 2.17 bits per heavy atom. The van der Waals surface area contributed by atoms with Crippen LogP contribution in [0.5, 0.6) is 0 Å². The lowest BCUT2D eigenvalue weighted by Gasteiger charge is -2.24. The van der Waals surface area contributed by atoms with E-state index in [4.69, 9.17) is 23.2 Å². The van der Waals surface area contributed by atoms with E-state index in [-0.39, 0.29) is 24.4 Å². The summed E-state index contributed by atoms with van der Waals surface area (Å²) in [4.78, 5) is 12.0. The summed E-state index contributed by atoms with van der Waals surface area (Å²) >= 11 is 11.8. The van der Waals surface area contributed by atoms with Gasteiger partial charge >= 0.3 is 0 Å². The molecule has 0 unspecified atom stereocenters. The third-order valence-electron chi connectivity index (χ3n) is 2.81. The van der Waals surface area contributed by atoms with Crippen molar-refractivity contribution in [3.8, 4) is 0 Å². The van der Waals surface area contributed by atoms with E-state index < -0.39 is 0 Å². The normalized spacial score (nSPS) is 18.9. The van der Waals surface area contributed by atoms with Gasteiger partial charge in [0.2, 0.25) is 0 Å². The van der Waals surface area contributed by atoms with E-state index in [1.807, 2.05) is 0 Å². The highest BCUT2D eigenvalue weighted by Crippen LogP contribution is 2.20. The molecule has 0 radical (unpaired) electrons. The summed E-state index contributed by atoms with van der Waals surface area (Å²) in [7, 11) is 0. The number of nitrogens with one attached hydrogen (secondary N) is 2. The molecule has 1 aromatic carbocycles. The molecular formula is C12H15Cl3N2O. The Balaban J connectivity index is 0.00000162. The van der Waals surface area contributed by atoms with Gasteiger partial charge in [-0.1, -0.05) is 23.2 Å². The number of amides is 1. The van der Waals surface area contributed by atoms with Crippen LogP contribution in [-0.4, -0.2) is 25.0 Å². The van der Waals surface area contributed by atoms with E-state index in [1.165, 1.54) is 0 Å². The van der Waals surface area contributed by atoms with Crippen LogP contribution in [-0.2, 0) is 0 Å². The standard InChI is InChI=1S/C12H14Cl2N2O.ClH/c13-8-3-4-11(14)10(6-8)12(17)16-9-2-1-5-15-7-9;/h3-4,6,9,15H,1-2,5,7H2,(H,16,17);1H/t9-;/m0./s1. The summed E-state index contributed by atoms with van der Waals surface area (Å²) < 4.78 is 0. The molecule has 100 valence electrons. The third-order valence-corrected chi connectivity index (χ3v) is 3.37. The highest BCUT2D eigenvalue weighted by Gasteiger charge is 2.18. The molecule has 1 amide bonds. The number of hydrogen-bond donors (Lipinski definition) is 2. The van der Waals surface area contributed by atoms with Gasteiger partial charge in [-0.3, -0.25) is 4.79 Å². The fourth-order valence-electron chi connectivity index (χ4n) is 1.91. The lowest BCUT2D eigenvalue weighted by atomic mass is 10.1. The molecule has 1 fully saturated rings. The first-order valence-electron chi connectivity index (χ1n) is 5.63. The Kier molecular flexibility index (Phi) is 6.22. The topological polar surface area (TPSA) is 41.1 Å². The second-order valence-corrected chi connectivity index (χ2v) is 4.98. The highest BCUT2D eigenvalue weighted by molar-refractivity contribution is 6.35. The van der Waals surface area contributed by atoms with E-state index in [0.29, 0.717) is 15.6 Å². The molecule has 0 aromatic heterocycles. The largest absolute Gasteiger partial charge is 0.348 e. The molecule has 6 heteroatoms. The molecule has 0 aliphatic carbocycles. The first kappa shape index (κ1) is 15.6. The van der Waals surface area contributed by atoms with Crippen LogP contribution < -0.4 is 10.6 Å². The molecule has 1 aromatic rings. The number of hydrogen-bond acceptors (Lipinski definition) is 2. The van der Waals surface area contributed by atoms with Gasteiger partial charge in [-0.25, -0.2) is 0 Å². The Labute approximate surface area is 123 Å². The monoisotopic (exact) mass is 308 g/mol. The Hall–Kier alpha value is -0.480. The van der Waals surface area contributed by atoms with Crippen molar-refractivity contribution >= 4 is 41.5 Å². The van der Waals surface area contributed by atoms with Crippen molar-refractivity contribution in [2.45, 2.75) is 18.9 Å². The summed E-state index contributed by atoms with van der Waals surface area (Å²) in [6.45, 7) is 1.83. The van der Waals surface area contributed by atoms with Crippen molar-refractivity contribution in [1.82, 2.24) is 10.6 Å². The van der Waals surface area contributed by atoms with Crippen molar-refractivity contribution < 1.29 is 4.79 Å². The van der Waals surface area contributed by atoms with E-state index in [0.717, 1.165) is 25.9 Å². The molecule has 0 saturated carbocycles. The number of benzene rings is 1. The van der Waals surface area contributed by atoms with Gasteiger partial charge in [-0.2, -0.15) is 0 Å². The van der Waals surface area contributed by atoms with Gasteiger partial charge in [0.05, 0.1) is 10.6 Å². The van der Waals surface area contributed by atoms with Gasteiger partial charge in [-0.05, 0) is 37.6 Å². The quantitative estimate of drug-likeness (QED) is 0.882. The molecule has 18 heavy (non-hydrogen) atoms. The van der Waals surface area contributed by atoms with E-state index in [2.05, 4.69) is 10.6 Å². The number of piperidine rings is 1. The maximum absolute atomic E-state index is 12.0. The second kappa shape index (κ2) is 7.19. The minimum atomic E-state index is -0.161. The first-order valence-corrected chi connectivity index (χ1v) is 6.39. The highest BCUT2D eigenvalue weighted by atomic mass is 35.5. The van der Waals surface area contributed by atoms with E-state index >= 15 is 0 Å². The van der Waals surface area contributed by atoms with Crippen molar-refractivity contribution in [3.05, 3.63) is 33.8 Å². The SMILES string of the molecule is Cl.O=C(N[C@H]1CCCNC1)c1cc(Cl)ccc1Cl. The fourth-order valence-corrected chi connectivity index (χ4v) is 2.29. The van der Waals surface area contributed by atoms with Crippen LogP contribution in [0.4, 0.5) is 0 Å². The summed E-state index contributed by atoms with van der Waals surface area (Å²) in [6.07, 6.45) is 2.07. The summed E-state index contributed by atoms with van der Waals surface area (Å²) in [5.74, 6) is -0.161. The molecule has 2 N–H and O–H groups in total. The van der Waals surface area contributed by atoms with Gasteiger partial charge in [0.1, 0.15) is 0 Å². The van der Waals surface area contributed by atoms with Crippen LogP contribution in [0.3, 0.4) is 0 Å². The molecular weight excluding hydrogens is 295 g/mol. The van der Waals surface area contributed by atoms with Crippen molar-refractivity contribution in [3.63, 3.8) is 0 Å². The third kappa shape index (κ3) is 4.02. The number of carbonyl (C=O) groups excluding carboxylic acids is 1. The van der Waals surface area contributed by atoms with Crippen LogP contribution in [0.1, 0.15) is 23.2 Å². The minimum absolute atomic E-state index is 0. The average Bonchev–Trinajstić information content (AvgIpc) is 2.33. The predicted molar refractivity (Wildman–Crippen MR) is 77.1 cm³/mol. The zero-order valence-corrected chi connectivity index (χ0v) is 12.0. The van der Waals surface area contributed by atoms with Crippen molar-refractivity contribution in [2.75, 3.05) is 13.1 Å². The average molecular weight is 310 g/mol. The number of carbonyl (C=O) groups is 1. The molecule has 1 aliphatic rings. The van der Waals surface area contributed by atoms with Crippen LogP contribution in [0.2, 0.25) is 10.0 Å². The van der Waals surface area contributed by atoms with E-state index in [1.54, 1.807) is 18.2 Å². The zero-order valence-electron chi connectivity index (χ0n) is 9.71. The van der Waals surface area contributed by atoms with Gasteiger partial charge in [0.25, 0.3) is 5.91 Å². The van der Waals surface area contributed by atoms with Crippen LogP contribution in [0.25, 0.3) is 0 Å². The first-order chi connectivity index (χ1) is 8.16. The summed E-state index contributed by atoms with van der Waals surface area (Å²) in [5, 5.41) is 7.14. The summed E-state index contributed by atoms with van der Waals surface area (Å²) in [6, 6.07) is 5.07. The molecule has 1 atom stereocenters. The molecule has 0 bridgehead atoms. The second-order valence-electron chi connectivity index (χ2n) is 4.14. The number of rotatable bonds is 2. The van der Waals surface area contributed by atoms with Gasteiger partial charge in [0.15, 0.2) is 0 Å². The molecule has 1 heterocycles. The van der Waals surface area contributed by atoms with Crippen molar-refractivity contribution in [1.29, 1.82) is 0 Å². The fraction of sp³-hybridized carbons (Fsp3) is 0.417. The Bertz CT molecular complexity index is 420. The lowest BCUT2D eigenvalue weighted by molar-refractivity contribution is 0.0931. The van der Waals surface area contributed by atoms with Gasteiger partial charge < -0.3 is 10.6 Å². The maximum Gasteiger partial charge on any atom is 0.253 e. The lowest BCUT2D eigenvalue weighted by Crippen LogP contribution is -2.45. The summed E-state index contributed by atoms with van der Waals surface area (Å²) in [5.41, 5.74) is 0.435. The van der Waals surface area contributed by atoms with Gasteiger partial charge in [-0.15, -0.1) is 12.4 Å². The molecule has 2 rings (SSSR count). The van der Waals surface area contributed by atoms with Crippen molar-refractivity contribution in [2.24, 2.45) is 0 Å². The van der Waals surface area contributed by atoms with Crippen LogP contribution in [0, 0.1) is 0 Å².